The maximum atomic E-state index is 12.1. The number of nitriles is 1. The van der Waals surface area contributed by atoms with Gasteiger partial charge in [0.25, 0.3) is 0 Å². The van der Waals surface area contributed by atoms with Gasteiger partial charge in [-0.05, 0) is 6.42 Å². The fraction of sp³-hybridized carbons (Fsp3) is 0.667. The Morgan fingerprint density at radius 2 is 2.07 bits per heavy atom. The van der Waals surface area contributed by atoms with E-state index in [2.05, 4.69) is 11.2 Å². The Morgan fingerprint density at radius 3 is 2.36 bits per heavy atom. The lowest BCUT2D eigenvalue weighted by Crippen LogP contribution is -2.37. The van der Waals surface area contributed by atoms with Crippen molar-refractivity contribution in [2.75, 3.05) is 6.54 Å². The average molecular weight is 204 g/mol. The summed E-state index contributed by atoms with van der Waals surface area (Å²) in [6.45, 7) is 1.30. The van der Waals surface area contributed by atoms with E-state index in [1.54, 1.807) is 6.92 Å². The van der Waals surface area contributed by atoms with E-state index in [1.807, 2.05) is 0 Å². The molecule has 0 saturated carbocycles. The molecule has 2 atom stereocenters. The summed E-state index contributed by atoms with van der Waals surface area (Å²) in [4.78, 5) is 0. The number of rotatable bonds is 4. The van der Waals surface area contributed by atoms with Crippen LogP contribution in [0.25, 0.3) is 0 Å². The lowest BCUT2D eigenvalue weighted by atomic mass is 10.1. The molecule has 78 valence electrons. The molecule has 0 aromatic rings. The first kappa shape index (κ1) is 12.8. The van der Waals surface area contributed by atoms with Crippen LogP contribution in [-0.2, 0) is 0 Å². The molecular formula is C9H11F3N2. The van der Waals surface area contributed by atoms with Crippen LogP contribution >= 0.6 is 0 Å². The zero-order valence-corrected chi connectivity index (χ0v) is 7.73. The van der Waals surface area contributed by atoms with Crippen molar-refractivity contribution in [3.05, 3.63) is 0 Å². The maximum Gasteiger partial charge on any atom is 0.405 e. The smallest absolute Gasteiger partial charge is 0.302 e. The van der Waals surface area contributed by atoms with Crippen molar-refractivity contribution in [1.82, 2.24) is 5.32 Å². The predicted molar refractivity (Wildman–Crippen MR) is 46.1 cm³/mol. The molecular weight excluding hydrogens is 193 g/mol. The normalized spacial score (nSPS) is 15.3. The van der Waals surface area contributed by atoms with E-state index < -0.39 is 24.7 Å². The summed E-state index contributed by atoms with van der Waals surface area (Å²) < 4.78 is 36.2. The van der Waals surface area contributed by atoms with Gasteiger partial charge in [0.15, 0.2) is 5.92 Å². The monoisotopic (exact) mass is 204 g/mol. The van der Waals surface area contributed by atoms with Crippen molar-refractivity contribution in [3.8, 4) is 18.4 Å². The molecule has 0 amide bonds. The topological polar surface area (TPSA) is 35.8 Å². The van der Waals surface area contributed by atoms with Crippen molar-refractivity contribution in [2.24, 2.45) is 5.92 Å². The van der Waals surface area contributed by atoms with E-state index in [-0.39, 0.29) is 0 Å². The van der Waals surface area contributed by atoms with Gasteiger partial charge in [0, 0.05) is 6.54 Å². The number of nitrogens with zero attached hydrogens (tertiary/aromatic N) is 1. The van der Waals surface area contributed by atoms with Crippen molar-refractivity contribution in [2.45, 2.75) is 25.6 Å². The number of terminal acetylenes is 1. The van der Waals surface area contributed by atoms with Gasteiger partial charge in [-0.25, -0.2) is 0 Å². The van der Waals surface area contributed by atoms with Gasteiger partial charge in [0.2, 0.25) is 0 Å². The molecule has 0 heterocycles. The number of alkyl halides is 3. The Kier molecular flexibility index (Phi) is 5.04. The quantitative estimate of drug-likeness (QED) is 0.707. The minimum absolute atomic E-state index is 0.409. The van der Waals surface area contributed by atoms with Gasteiger partial charge >= 0.3 is 6.18 Å². The third-order valence-electron chi connectivity index (χ3n) is 1.73. The third-order valence-corrected chi connectivity index (χ3v) is 1.73. The summed E-state index contributed by atoms with van der Waals surface area (Å²) in [5.41, 5.74) is 0. The second-order valence-corrected chi connectivity index (χ2v) is 2.76. The zero-order valence-electron chi connectivity index (χ0n) is 7.73. The molecule has 1 N–H and O–H groups in total. The van der Waals surface area contributed by atoms with Crippen molar-refractivity contribution >= 4 is 0 Å². The lowest BCUT2D eigenvalue weighted by Gasteiger charge is -2.16. The molecule has 0 fully saturated rings. The highest BCUT2D eigenvalue weighted by Gasteiger charge is 2.39. The predicted octanol–water partition coefficient (Wildman–Crippen LogP) is 1.69. The molecule has 0 aromatic heterocycles. The van der Waals surface area contributed by atoms with Crippen molar-refractivity contribution in [3.63, 3.8) is 0 Å². The van der Waals surface area contributed by atoms with Crippen LogP contribution in [0.4, 0.5) is 13.2 Å². The molecule has 0 rings (SSSR count). The fourth-order valence-corrected chi connectivity index (χ4v) is 0.816. The molecule has 2 unspecified atom stereocenters. The van der Waals surface area contributed by atoms with Crippen LogP contribution in [-0.4, -0.2) is 18.8 Å². The number of halogens is 3. The Balaban J connectivity index is 4.12. The van der Waals surface area contributed by atoms with E-state index >= 15 is 0 Å². The van der Waals surface area contributed by atoms with Crippen LogP contribution < -0.4 is 5.32 Å². The van der Waals surface area contributed by atoms with Crippen LogP contribution in [0.5, 0.6) is 0 Å². The summed E-state index contributed by atoms with van der Waals surface area (Å²) in [5.74, 6) is 0.299. The van der Waals surface area contributed by atoms with Crippen LogP contribution in [0.1, 0.15) is 13.3 Å². The van der Waals surface area contributed by atoms with E-state index in [4.69, 9.17) is 11.7 Å². The van der Waals surface area contributed by atoms with Gasteiger partial charge in [-0.2, -0.15) is 18.4 Å². The third kappa shape index (κ3) is 4.15. The molecule has 0 aliphatic rings. The highest BCUT2D eigenvalue weighted by Crippen LogP contribution is 2.24. The Hall–Kier alpha value is -1.20. The fourth-order valence-electron chi connectivity index (χ4n) is 0.816. The molecule has 0 bridgehead atoms. The maximum absolute atomic E-state index is 12.1. The standard InChI is InChI=1S/C9H11F3N2/c1-3-8(4-2)14-6-7(5-13)9(10,11)12/h1,7-8,14H,4,6H2,2H3. The van der Waals surface area contributed by atoms with Gasteiger partial charge in [0.05, 0.1) is 12.1 Å². The first-order valence-corrected chi connectivity index (χ1v) is 4.11. The van der Waals surface area contributed by atoms with Crippen LogP contribution in [0.15, 0.2) is 0 Å². The lowest BCUT2D eigenvalue weighted by molar-refractivity contribution is -0.157. The van der Waals surface area contributed by atoms with Gasteiger partial charge in [-0.15, -0.1) is 6.42 Å². The van der Waals surface area contributed by atoms with Crippen molar-refractivity contribution in [1.29, 1.82) is 5.26 Å². The summed E-state index contributed by atoms with van der Waals surface area (Å²) >= 11 is 0. The van der Waals surface area contributed by atoms with E-state index in [0.29, 0.717) is 6.42 Å². The number of hydrogen-bond acceptors (Lipinski definition) is 2. The minimum Gasteiger partial charge on any atom is -0.302 e. The number of hydrogen-bond donors (Lipinski definition) is 1. The highest BCUT2D eigenvalue weighted by atomic mass is 19.4. The number of nitrogens with one attached hydrogen (secondary N) is 1. The van der Waals surface area contributed by atoms with Crippen LogP contribution in [0.2, 0.25) is 0 Å². The first-order chi connectivity index (χ1) is 6.45. The molecule has 2 nitrogen and oxygen atoms in total. The van der Waals surface area contributed by atoms with Crippen LogP contribution in [0.3, 0.4) is 0 Å². The van der Waals surface area contributed by atoms with E-state index in [0.717, 1.165) is 0 Å². The Bertz CT molecular complexity index is 246. The molecule has 0 aliphatic heterocycles. The SMILES string of the molecule is C#CC(CC)NCC(C#N)C(F)(F)F. The minimum atomic E-state index is -4.49. The Morgan fingerprint density at radius 1 is 1.50 bits per heavy atom. The van der Waals surface area contributed by atoms with E-state index in [1.165, 1.54) is 6.07 Å². The molecule has 0 saturated heterocycles. The van der Waals surface area contributed by atoms with Gasteiger partial charge in [-0.1, -0.05) is 12.8 Å². The first-order valence-electron chi connectivity index (χ1n) is 4.11. The molecule has 0 spiro atoms. The van der Waals surface area contributed by atoms with Crippen molar-refractivity contribution < 1.29 is 13.2 Å². The highest BCUT2D eigenvalue weighted by molar-refractivity contribution is 4.99. The summed E-state index contributed by atoms with van der Waals surface area (Å²) in [5, 5.41) is 10.8. The summed E-state index contributed by atoms with van der Waals surface area (Å²) in [6, 6.07) is 0.780. The molecule has 14 heavy (non-hydrogen) atoms. The zero-order chi connectivity index (χ0) is 11.2. The van der Waals surface area contributed by atoms with Crippen LogP contribution in [0, 0.1) is 29.6 Å². The second kappa shape index (κ2) is 5.51. The Labute approximate surface area is 81.1 Å². The molecule has 0 aliphatic carbocycles. The molecule has 0 aromatic carbocycles. The molecule has 5 heteroatoms. The second-order valence-electron chi connectivity index (χ2n) is 2.76. The van der Waals surface area contributed by atoms with Gasteiger partial charge in [0.1, 0.15) is 0 Å². The largest absolute Gasteiger partial charge is 0.405 e. The summed E-state index contributed by atoms with van der Waals surface area (Å²) in [6.07, 6.45) is 1.09. The molecule has 0 radical (unpaired) electrons. The van der Waals surface area contributed by atoms with E-state index in [9.17, 15) is 13.2 Å². The van der Waals surface area contributed by atoms with Gasteiger partial charge < -0.3 is 5.32 Å². The van der Waals surface area contributed by atoms with Gasteiger partial charge in [-0.3, -0.25) is 0 Å². The summed E-state index contributed by atoms with van der Waals surface area (Å²) in [7, 11) is 0. The average Bonchev–Trinajstić information content (AvgIpc) is 2.10.